The van der Waals surface area contributed by atoms with Gasteiger partial charge in [0.25, 0.3) is 5.91 Å². The number of anilines is 1. The molecule has 26 heavy (non-hydrogen) atoms. The van der Waals surface area contributed by atoms with Crippen LogP contribution in [0.3, 0.4) is 0 Å². The molecule has 6 heteroatoms. The van der Waals surface area contributed by atoms with Crippen molar-refractivity contribution in [3.05, 3.63) is 17.5 Å². The van der Waals surface area contributed by atoms with E-state index in [0.717, 1.165) is 31.6 Å². The molecular formula is C20H33N5O. The van der Waals surface area contributed by atoms with Crippen LogP contribution >= 0.6 is 0 Å². The largest absolute Gasteiger partial charge is 0.347 e. The lowest BCUT2D eigenvalue weighted by Gasteiger charge is -2.38. The Bertz CT molecular complexity index is 610. The molecule has 1 atom stereocenters. The van der Waals surface area contributed by atoms with Gasteiger partial charge in [0, 0.05) is 39.4 Å². The summed E-state index contributed by atoms with van der Waals surface area (Å²) < 4.78 is 0. The molecule has 0 radical (unpaired) electrons. The van der Waals surface area contributed by atoms with Gasteiger partial charge in [0.15, 0.2) is 0 Å². The van der Waals surface area contributed by atoms with Crippen molar-refractivity contribution >= 4 is 11.9 Å². The fourth-order valence-corrected chi connectivity index (χ4v) is 4.11. The van der Waals surface area contributed by atoms with Gasteiger partial charge < -0.3 is 14.7 Å². The number of amides is 1. The normalized spacial score (nSPS) is 22.1. The standard InChI is InChI=1S/C20H33N5O/c1-16-18(14-21-20(22-16)23(2)3)19(26)25-13-9-6-10-17(25)15-24-11-7-4-5-8-12-24/h14,17H,4-13,15H2,1-3H3/t17-/m1/s1. The van der Waals surface area contributed by atoms with Crippen LogP contribution in [0.4, 0.5) is 5.95 Å². The first kappa shape index (κ1) is 19.1. The van der Waals surface area contributed by atoms with E-state index < -0.39 is 0 Å². The van der Waals surface area contributed by atoms with Crippen molar-refractivity contribution in [1.29, 1.82) is 0 Å². The van der Waals surface area contributed by atoms with Crippen molar-refractivity contribution in [2.75, 3.05) is 45.2 Å². The monoisotopic (exact) mass is 359 g/mol. The molecule has 0 aromatic carbocycles. The summed E-state index contributed by atoms with van der Waals surface area (Å²) in [5.41, 5.74) is 1.42. The maximum atomic E-state index is 13.2. The number of carbonyl (C=O) groups is 1. The summed E-state index contributed by atoms with van der Waals surface area (Å²) in [6, 6.07) is 0.322. The van der Waals surface area contributed by atoms with Gasteiger partial charge in [0.05, 0.1) is 11.3 Å². The number of aromatic nitrogens is 2. The lowest BCUT2D eigenvalue weighted by molar-refractivity contribution is 0.0545. The smallest absolute Gasteiger partial charge is 0.257 e. The molecule has 3 heterocycles. The van der Waals surface area contributed by atoms with E-state index in [1.54, 1.807) is 6.20 Å². The van der Waals surface area contributed by atoms with Gasteiger partial charge in [0.1, 0.15) is 0 Å². The summed E-state index contributed by atoms with van der Waals surface area (Å²) >= 11 is 0. The van der Waals surface area contributed by atoms with Crippen LogP contribution in [0.25, 0.3) is 0 Å². The second-order valence-corrected chi connectivity index (χ2v) is 7.93. The zero-order chi connectivity index (χ0) is 18.5. The summed E-state index contributed by atoms with van der Waals surface area (Å²) in [4.78, 5) is 28.6. The lowest BCUT2D eigenvalue weighted by atomic mass is 10.00. The first-order chi connectivity index (χ1) is 12.6. The lowest BCUT2D eigenvalue weighted by Crippen LogP contribution is -2.49. The fraction of sp³-hybridized carbons (Fsp3) is 0.750. The third-order valence-electron chi connectivity index (χ3n) is 5.65. The number of nitrogens with zero attached hydrogens (tertiary/aromatic N) is 5. The molecule has 6 nitrogen and oxygen atoms in total. The molecule has 0 spiro atoms. The minimum Gasteiger partial charge on any atom is -0.347 e. The highest BCUT2D eigenvalue weighted by atomic mass is 16.2. The predicted octanol–water partition coefficient (Wildman–Crippen LogP) is 2.72. The van der Waals surface area contributed by atoms with Crippen molar-refractivity contribution in [2.45, 2.75) is 57.9 Å². The Kier molecular flexibility index (Phi) is 6.46. The van der Waals surface area contributed by atoms with E-state index in [-0.39, 0.29) is 5.91 Å². The van der Waals surface area contributed by atoms with Crippen LogP contribution in [0, 0.1) is 6.92 Å². The van der Waals surface area contributed by atoms with Crippen molar-refractivity contribution < 1.29 is 4.79 Å². The third-order valence-corrected chi connectivity index (χ3v) is 5.65. The SMILES string of the molecule is Cc1nc(N(C)C)ncc1C(=O)N1CCCC[C@@H]1CN1CCCCCC1. The second kappa shape index (κ2) is 8.80. The molecule has 2 aliphatic rings. The van der Waals surface area contributed by atoms with Crippen LogP contribution < -0.4 is 4.90 Å². The molecule has 1 aromatic rings. The van der Waals surface area contributed by atoms with E-state index in [1.165, 1.54) is 45.2 Å². The van der Waals surface area contributed by atoms with Gasteiger partial charge in [-0.25, -0.2) is 9.97 Å². The van der Waals surface area contributed by atoms with E-state index in [9.17, 15) is 4.79 Å². The van der Waals surface area contributed by atoms with Crippen LogP contribution in [0.5, 0.6) is 0 Å². The minimum atomic E-state index is 0.104. The molecule has 1 aromatic heterocycles. The first-order valence-corrected chi connectivity index (χ1v) is 10.1. The first-order valence-electron chi connectivity index (χ1n) is 10.1. The number of aryl methyl sites for hydroxylation is 1. The van der Waals surface area contributed by atoms with E-state index >= 15 is 0 Å². The Labute approximate surface area is 157 Å². The Morgan fingerprint density at radius 3 is 2.46 bits per heavy atom. The molecule has 0 unspecified atom stereocenters. The van der Waals surface area contributed by atoms with Crippen molar-refractivity contribution in [2.24, 2.45) is 0 Å². The summed E-state index contributed by atoms with van der Waals surface area (Å²) in [6.45, 7) is 6.14. The molecule has 2 fully saturated rings. The molecule has 0 N–H and O–H groups in total. The van der Waals surface area contributed by atoms with Crippen LogP contribution in [0.2, 0.25) is 0 Å². The van der Waals surface area contributed by atoms with E-state index in [2.05, 4.69) is 19.8 Å². The number of likely N-dealkylation sites (tertiary alicyclic amines) is 2. The highest BCUT2D eigenvalue weighted by Gasteiger charge is 2.30. The number of hydrogen-bond acceptors (Lipinski definition) is 5. The maximum Gasteiger partial charge on any atom is 0.257 e. The van der Waals surface area contributed by atoms with Gasteiger partial charge in [0.2, 0.25) is 5.95 Å². The molecular weight excluding hydrogens is 326 g/mol. The highest BCUT2D eigenvalue weighted by molar-refractivity contribution is 5.95. The molecule has 2 saturated heterocycles. The van der Waals surface area contributed by atoms with Crippen LogP contribution in [0.15, 0.2) is 6.20 Å². The Hall–Kier alpha value is -1.69. The van der Waals surface area contributed by atoms with E-state index in [1.807, 2.05) is 25.9 Å². The van der Waals surface area contributed by atoms with E-state index in [4.69, 9.17) is 0 Å². The average molecular weight is 360 g/mol. The Balaban J connectivity index is 1.73. The molecule has 0 saturated carbocycles. The zero-order valence-corrected chi connectivity index (χ0v) is 16.6. The van der Waals surface area contributed by atoms with Crippen molar-refractivity contribution in [3.63, 3.8) is 0 Å². The highest BCUT2D eigenvalue weighted by Crippen LogP contribution is 2.23. The molecule has 0 bridgehead atoms. The number of rotatable bonds is 4. The van der Waals surface area contributed by atoms with Crippen LogP contribution in [0.1, 0.15) is 61.0 Å². The predicted molar refractivity (Wildman–Crippen MR) is 105 cm³/mol. The van der Waals surface area contributed by atoms with Crippen LogP contribution in [-0.2, 0) is 0 Å². The topological polar surface area (TPSA) is 52.6 Å². The van der Waals surface area contributed by atoms with Gasteiger partial charge in [-0.1, -0.05) is 12.8 Å². The van der Waals surface area contributed by atoms with Gasteiger partial charge in [-0.05, 0) is 52.1 Å². The van der Waals surface area contributed by atoms with Gasteiger partial charge >= 0.3 is 0 Å². The number of piperidine rings is 1. The van der Waals surface area contributed by atoms with Crippen molar-refractivity contribution in [3.8, 4) is 0 Å². The quantitative estimate of drug-likeness (QED) is 0.827. The fourth-order valence-electron chi connectivity index (χ4n) is 4.11. The van der Waals surface area contributed by atoms with Gasteiger partial charge in [-0.15, -0.1) is 0 Å². The zero-order valence-electron chi connectivity index (χ0n) is 16.6. The average Bonchev–Trinajstić information content (AvgIpc) is 2.90. The maximum absolute atomic E-state index is 13.2. The number of hydrogen-bond donors (Lipinski definition) is 0. The molecule has 0 aliphatic carbocycles. The molecule has 2 aliphatic heterocycles. The molecule has 1 amide bonds. The second-order valence-electron chi connectivity index (χ2n) is 7.93. The van der Waals surface area contributed by atoms with Gasteiger partial charge in [-0.2, -0.15) is 0 Å². The van der Waals surface area contributed by atoms with E-state index in [0.29, 0.717) is 17.6 Å². The Morgan fingerprint density at radius 2 is 1.81 bits per heavy atom. The molecule has 144 valence electrons. The summed E-state index contributed by atoms with van der Waals surface area (Å²) in [7, 11) is 3.83. The van der Waals surface area contributed by atoms with Crippen molar-refractivity contribution in [1.82, 2.24) is 19.8 Å². The van der Waals surface area contributed by atoms with Crippen LogP contribution in [-0.4, -0.2) is 72.0 Å². The Morgan fingerprint density at radius 1 is 1.12 bits per heavy atom. The summed E-state index contributed by atoms with van der Waals surface area (Å²) in [5, 5.41) is 0. The summed E-state index contributed by atoms with van der Waals surface area (Å²) in [5.74, 6) is 0.756. The third kappa shape index (κ3) is 4.53. The number of carbonyl (C=O) groups excluding carboxylic acids is 1. The molecule has 3 rings (SSSR count). The minimum absolute atomic E-state index is 0.104. The van der Waals surface area contributed by atoms with Gasteiger partial charge in [-0.3, -0.25) is 4.79 Å². The summed E-state index contributed by atoms with van der Waals surface area (Å²) in [6.07, 6.45) is 10.4.